The number of hydrogen-bond donors (Lipinski definition) is 2. The molecule has 1 amide bonds. The average molecular weight is 379 g/mol. The van der Waals surface area contributed by atoms with Gasteiger partial charge in [-0.05, 0) is 38.4 Å². The molecule has 1 aliphatic rings. The highest BCUT2D eigenvalue weighted by atomic mass is 35.5. The maximum Gasteiger partial charge on any atom is 0.416 e. The summed E-state index contributed by atoms with van der Waals surface area (Å²) in [7, 11) is 1.81. The van der Waals surface area contributed by atoms with E-state index in [1.165, 1.54) is 6.07 Å². The molecule has 2 rings (SSSR count). The molecule has 1 atom stereocenters. The van der Waals surface area contributed by atoms with E-state index in [4.69, 9.17) is 0 Å². The maximum absolute atomic E-state index is 13.1. The van der Waals surface area contributed by atoms with E-state index in [9.17, 15) is 18.0 Å². The molecule has 0 bridgehead atoms. The Balaban J connectivity index is 0.00000312. The van der Waals surface area contributed by atoms with Crippen molar-refractivity contribution in [3.05, 3.63) is 35.4 Å². The lowest BCUT2D eigenvalue weighted by molar-refractivity contribution is -0.138. The van der Waals surface area contributed by atoms with Gasteiger partial charge in [0.15, 0.2) is 0 Å². The Kier molecular flexibility index (Phi) is 7.75. The molecule has 1 saturated carbocycles. The third-order valence-electron chi connectivity index (χ3n) is 4.95. The number of carbonyl (C=O) groups is 1. The van der Waals surface area contributed by atoms with E-state index in [0.717, 1.165) is 31.4 Å². The summed E-state index contributed by atoms with van der Waals surface area (Å²) < 4.78 is 39.2. The first-order valence-electron chi connectivity index (χ1n) is 8.43. The van der Waals surface area contributed by atoms with E-state index >= 15 is 0 Å². The van der Waals surface area contributed by atoms with Crippen LogP contribution in [0.1, 0.15) is 50.2 Å². The number of benzene rings is 1. The van der Waals surface area contributed by atoms with Crippen LogP contribution >= 0.6 is 12.4 Å². The number of amides is 1. The first-order valence-corrected chi connectivity index (χ1v) is 8.43. The molecule has 7 heteroatoms. The summed E-state index contributed by atoms with van der Waals surface area (Å²) in [5.41, 5.74) is -1.07. The molecule has 0 heterocycles. The molecule has 0 aliphatic heterocycles. The van der Waals surface area contributed by atoms with Gasteiger partial charge in [-0.3, -0.25) is 4.79 Å². The molecule has 0 radical (unpaired) electrons. The Hall–Kier alpha value is -1.27. The fraction of sp³-hybridized carbons (Fsp3) is 0.611. The highest BCUT2D eigenvalue weighted by Crippen LogP contribution is 2.41. The average Bonchev–Trinajstić information content (AvgIpc) is 2.59. The molecular formula is C18H26ClF3N2O. The number of rotatable bonds is 5. The van der Waals surface area contributed by atoms with E-state index in [1.54, 1.807) is 13.1 Å². The Morgan fingerprint density at radius 2 is 1.88 bits per heavy atom. The largest absolute Gasteiger partial charge is 0.416 e. The molecule has 1 aromatic rings. The van der Waals surface area contributed by atoms with Gasteiger partial charge in [-0.2, -0.15) is 13.2 Å². The van der Waals surface area contributed by atoms with Gasteiger partial charge >= 0.3 is 6.18 Å². The molecule has 0 spiro atoms. The molecule has 1 aromatic carbocycles. The topological polar surface area (TPSA) is 41.1 Å². The Morgan fingerprint density at radius 1 is 1.24 bits per heavy atom. The summed E-state index contributed by atoms with van der Waals surface area (Å²) in [6.45, 7) is 2.40. The Morgan fingerprint density at radius 3 is 2.44 bits per heavy atom. The van der Waals surface area contributed by atoms with Crippen LogP contribution in [0.5, 0.6) is 0 Å². The normalized spacial score (nSPS) is 18.1. The molecule has 25 heavy (non-hydrogen) atoms. The Labute approximate surface area is 153 Å². The zero-order valence-electron chi connectivity index (χ0n) is 14.6. The molecule has 3 nitrogen and oxygen atoms in total. The lowest BCUT2D eigenvalue weighted by Crippen LogP contribution is -2.49. The summed E-state index contributed by atoms with van der Waals surface area (Å²) in [4.78, 5) is 12.9. The number of carbonyl (C=O) groups excluding carboxylic acids is 1. The van der Waals surface area contributed by atoms with Crippen LogP contribution in [0.25, 0.3) is 0 Å². The standard InChI is InChI=1S/C18H25F3N2O.ClH/c1-13(22-2)12-23-16(24)17(9-4-3-5-10-17)14-7-6-8-15(11-14)18(19,20)21;/h6-8,11,13,22H,3-5,9-10,12H2,1-2H3,(H,23,24);1H. The minimum atomic E-state index is -4.40. The second-order valence-electron chi connectivity index (χ2n) is 6.62. The van der Waals surface area contributed by atoms with Gasteiger partial charge in [0, 0.05) is 12.6 Å². The molecular weight excluding hydrogens is 353 g/mol. The molecule has 0 saturated heterocycles. The maximum atomic E-state index is 13.1. The van der Waals surface area contributed by atoms with Crippen LogP contribution in [0.3, 0.4) is 0 Å². The molecule has 1 aliphatic carbocycles. The molecule has 1 fully saturated rings. The van der Waals surface area contributed by atoms with Crippen LogP contribution in [0.2, 0.25) is 0 Å². The number of likely N-dealkylation sites (N-methyl/N-ethyl adjacent to an activating group) is 1. The van der Waals surface area contributed by atoms with Crippen molar-refractivity contribution in [2.75, 3.05) is 13.6 Å². The van der Waals surface area contributed by atoms with Crippen molar-refractivity contribution >= 4 is 18.3 Å². The van der Waals surface area contributed by atoms with Gasteiger partial charge in [0.2, 0.25) is 5.91 Å². The Bertz CT molecular complexity index is 572. The van der Waals surface area contributed by atoms with Crippen molar-refractivity contribution in [1.82, 2.24) is 10.6 Å². The number of nitrogens with one attached hydrogen (secondary N) is 2. The minimum absolute atomic E-state index is 0. The highest BCUT2D eigenvalue weighted by molar-refractivity contribution is 5.88. The van der Waals surface area contributed by atoms with Crippen LogP contribution in [0, 0.1) is 0 Å². The quantitative estimate of drug-likeness (QED) is 0.811. The van der Waals surface area contributed by atoms with Crippen LogP contribution in [-0.4, -0.2) is 25.5 Å². The van der Waals surface area contributed by atoms with Crippen LogP contribution in [0.15, 0.2) is 24.3 Å². The number of hydrogen-bond acceptors (Lipinski definition) is 2. The van der Waals surface area contributed by atoms with Gasteiger partial charge in [-0.1, -0.05) is 37.5 Å². The summed E-state index contributed by atoms with van der Waals surface area (Å²) in [5.74, 6) is -0.163. The van der Waals surface area contributed by atoms with Crippen molar-refractivity contribution in [2.24, 2.45) is 0 Å². The van der Waals surface area contributed by atoms with Gasteiger partial charge in [0.1, 0.15) is 0 Å². The number of halogens is 4. The second-order valence-corrected chi connectivity index (χ2v) is 6.62. The van der Waals surface area contributed by atoms with Gasteiger partial charge in [-0.15, -0.1) is 12.4 Å². The van der Waals surface area contributed by atoms with Crippen LogP contribution in [-0.2, 0) is 16.4 Å². The van der Waals surface area contributed by atoms with E-state index in [0.29, 0.717) is 24.9 Å². The number of alkyl halides is 3. The smallest absolute Gasteiger partial charge is 0.354 e. The van der Waals surface area contributed by atoms with Crippen molar-refractivity contribution in [3.8, 4) is 0 Å². The SMILES string of the molecule is CNC(C)CNC(=O)C1(c2cccc(C(F)(F)F)c2)CCCCC1.Cl. The zero-order chi connectivity index (χ0) is 17.8. The van der Waals surface area contributed by atoms with Gasteiger partial charge in [-0.25, -0.2) is 0 Å². The lowest BCUT2D eigenvalue weighted by Gasteiger charge is -2.37. The predicted octanol–water partition coefficient (Wildman–Crippen LogP) is 4.05. The van der Waals surface area contributed by atoms with E-state index in [1.807, 2.05) is 6.92 Å². The third-order valence-corrected chi connectivity index (χ3v) is 4.95. The minimum Gasteiger partial charge on any atom is -0.354 e. The summed E-state index contributed by atoms with van der Waals surface area (Å²) in [6.07, 6.45) is -0.497. The summed E-state index contributed by atoms with van der Waals surface area (Å²) >= 11 is 0. The first kappa shape index (κ1) is 21.8. The predicted molar refractivity (Wildman–Crippen MR) is 95.0 cm³/mol. The molecule has 1 unspecified atom stereocenters. The zero-order valence-corrected chi connectivity index (χ0v) is 15.4. The van der Waals surface area contributed by atoms with E-state index < -0.39 is 17.2 Å². The third kappa shape index (κ3) is 5.11. The van der Waals surface area contributed by atoms with Crippen molar-refractivity contribution in [3.63, 3.8) is 0 Å². The molecule has 0 aromatic heterocycles. The molecule has 142 valence electrons. The highest BCUT2D eigenvalue weighted by Gasteiger charge is 2.42. The summed E-state index contributed by atoms with van der Waals surface area (Å²) in [6, 6.07) is 5.36. The fourth-order valence-electron chi connectivity index (χ4n) is 3.31. The van der Waals surface area contributed by atoms with Crippen LogP contribution in [0.4, 0.5) is 13.2 Å². The van der Waals surface area contributed by atoms with E-state index in [-0.39, 0.29) is 24.4 Å². The van der Waals surface area contributed by atoms with E-state index in [2.05, 4.69) is 10.6 Å². The van der Waals surface area contributed by atoms with Crippen molar-refractivity contribution < 1.29 is 18.0 Å². The fourth-order valence-corrected chi connectivity index (χ4v) is 3.31. The first-order chi connectivity index (χ1) is 11.3. The van der Waals surface area contributed by atoms with Gasteiger partial charge < -0.3 is 10.6 Å². The van der Waals surface area contributed by atoms with Crippen LogP contribution < -0.4 is 10.6 Å². The molecule has 2 N–H and O–H groups in total. The van der Waals surface area contributed by atoms with Crippen molar-refractivity contribution in [2.45, 2.75) is 56.7 Å². The monoisotopic (exact) mass is 378 g/mol. The van der Waals surface area contributed by atoms with Gasteiger partial charge in [0.25, 0.3) is 0 Å². The lowest BCUT2D eigenvalue weighted by atomic mass is 9.68. The van der Waals surface area contributed by atoms with Crippen molar-refractivity contribution in [1.29, 1.82) is 0 Å². The van der Waals surface area contributed by atoms with Gasteiger partial charge in [0.05, 0.1) is 11.0 Å². The summed E-state index contributed by atoms with van der Waals surface area (Å²) in [5, 5.41) is 5.96. The second kappa shape index (κ2) is 8.90.